The topological polar surface area (TPSA) is 98.7 Å². The van der Waals surface area contributed by atoms with Crippen LogP contribution in [0.15, 0.2) is 24.3 Å². The number of hydrogen-bond donors (Lipinski definition) is 4. The van der Waals surface area contributed by atoms with Gasteiger partial charge in [-0.2, -0.15) is 0 Å². The molecule has 0 aliphatic rings. The fourth-order valence-electron chi connectivity index (χ4n) is 1.53. The minimum atomic E-state index is -1.47. The van der Waals surface area contributed by atoms with Crippen LogP contribution in [0.2, 0.25) is 5.02 Å². The van der Waals surface area contributed by atoms with Gasteiger partial charge in [0.1, 0.15) is 0 Å². The highest BCUT2D eigenvalue weighted by molar-refractivity contribution is 6.30. The molecule has 2 atom stereocenters. The molecule has 1 aromatic carbocycles. The number of aliphatic hydroxyl groups is 1. The maximum Gasteiger partial charge on any atom is 0.332 e. The molecule has 0 saturated heterocycles. The van der Waals surface area contributed by atoms with Crippen molar-refractivity contribution in [1.29, 1.82) is 0 Å². The van der Waals surface area contributed by atoms with Crippen LogP contribution in [-0.2, 0) is 4.79 Å². The van der Waals surface area contributed by atoms with E-state index >= 15 is 0 Å². The second kappa shape index (κ2) is 7.72. The van der Waals surface area contributed by atoms with Gasteiger partial charge in [0.2, 0.25) is 0 Å². The van der Waals surface area contributed by atoms with Gasteiger partial charge in [-0.25, -0.2) is 9.59 Å². The number of carbonyl (C=O) groups excluding carboxylic acids is 1. The Balaban J connectivity index is 2.35. The first kappa shape index (κ1) is 16.3. The van der Waals surface area contributed by atoms with Crippen molar-refractivity contribution < 1.29 is 19.8 Å². The van der Waals surface area contributed by atoms with Gasteiger partial charge in [0.15, 0.2) is 6.10 Å². The number of halogens is 1. The fraction of sp³-hybridized carbons (Fsp3) is 0.385. The Bertz CT molecular complexity index is 464. The van der Waals surface area contributed by atoms with Gasteiger partial charge in [-0.3, -0.25) is 0 Å². The third-order valence-corrected chi connectivity index (χ3v) is 2.96. The molecule has 0 aliphatic carbocycles. The Morgan fingerprint density at radius 2 is 1.90 bits per heavy atom. The van der Waals surface area contributed by atoms with Crippen molar-refractivity contribution in [3.8, 4) is 0 Å². The third kappa shape index (κ3) is 5.46. The average molecular weight is 301 g/mol. The molecule has 6 nitrogen and oxygen atoms in total. The quantitative estimate of drug-likeness (QED) is 0.640. The number of hydrogen-bond acceptors (Lipinski definition) is 3. The summed E-state index contributed by atoms with van der Waals surface area (Å²) in [5.41, 5.74) is 0.898. The normalized spacial score (nSPS) is 13.3. The molecule has 2 amide bonds. The smallest absolute Gasteiger partial charge is 0.332 e. The van der Waals surface area contributed by atoms with E-state index in [2.05, 4.69) is 10.6 Å². The number of nitrogens with one attached hydrogen (secondary N) is 2. The van der Waals surface area contributed by atoms with Gasteiger partial charge in [0.05, 0.1) is 6.04 Å². The first-order chi connectivity index (χ1) is 9.40. The molecule has 20 heavy (non-hydrogen) atoms. The predicted octanol–water partition coefficient (Wildman–Crippen LogP) is 1.54. The van der Waals surface area contributed by atoms with E-state index in [0.717, 1.165) is 5.56 Å². The molecule has 0 heterocycles. The van der Waals surface area contributed by atoms with Crippen LogP contribution in [0.4, 0.5) is 4.79 Å². The van der Waals surface area contributed by atoms with E-state index in [-0.39, 0.29) is 19.0 Å². The van der Waals surface area contributed by atoms with E-state index in [0.29, 0.717) is 5.02 Å². The van der Waals surface area contributed by atoms with Crippen molar-refractivity contribution in [2.75, 3.05) is 6.54 Å². The summed E-state index contributed by atoms with van der Waals surface area (Å²) >= 11 is 5.77. The summed E-state index contributed by atoms with van der Waals surface area (Å²) in [6, 6.07) is 6.44. The second-order valence-electron chi connectivity index (χ2n) is 4.32. The Kier molecular flexibility index (Phi) is 6.27. The van der Waals surface area contributed by atoms with Crippen molar-refractivity contribution in [3.05, 3.63) is 34.9 Å². The summed E-state index contributed by atoms with van der Waals surface area (Å²) in [5.74, 6) is -1.30. The zero-order chi connectivity index (χ0) is 15.1. The van der Waals surface area contributed by atoms with Gasteiger partial charge in [-0.15, -0.1) is 0 Å². The number of urea groups is 1. The van der Waals surface area contributed by atoms with E-state index < -0.39 is 18.1 Å². The summed E-state index contributed by atoms with van der Waals surface area (Å²) in [6.07, 6.45) is -1.51. The number of amides is 2. The zero-order valence-electron chi connectivity index (χ0n) is 11.0. The van der Waals surface area contributed by atoms with E-state index in [9.17, 15) is 9.59 Å². The molecule has 0 saturated carbocycles. The van der Waals surface area contributed by atoms with Crippen LogP contribution in [0.25, 0.3) is 0 Å². The lowest BCUT2D eigenvalue weighted by molar-refractivity contribution is -0.146. The van der Waals surface area contributed by atoms with Crippen LogP contribution in [0, 0.1) is 0 Å². The number of rotatable bonds is 6. The number of benzene rings is 1. The molecule has 0 bridgehead atoms. The lowest BCUT2D eigenvalue weighted by atomic mass is 10.1. The number of carboxylic acid groups (broad SMARTS) is 1. The van der Waals surface area contributed by atoms with Crippen molar-refractivity contribution in [2.24, 2.45) is 0 Å². The molecule has 7 heteroatoms. The molecule has 0 spiro atoms. The molecule has 1 aromatic rings. The molecule has 1 rings (SSSR count). The second-order valence-corrected chi connectivity index (χ2v) is 4.75. The number of carboxylic acids is 1. The van der Waals surface area contributed by atoms with E-state index in [1.165, 1.54) is 0 Å². The largest absolute Gasteiger partial charge is 0.479 e. The Morgan fingerprint density at radius 3 is 2.45 bits per heavy atom. The molecule has 110 valence electrons. The van der Waals surface area contributed by atoms with Crippen LogP contribution in [-0.4, -0.2) is 34.9 Å². The van der Waals surface area contributed by atoms with Gasteiger partial charge >= 0.3 is 12.0 Å². The Hall–Kier alpha value is -1.79. The third-order valence-electron chi connectivity index (χ3n) is 2.71. The molecule has 0 fully saturated rings. The highest BCUT2D eigenvalue weighted by Gasteiger charge is 2.13. The van der Waals surface area contributed by atoms with E-state index in [4.69, 9.17) is 21.8 Å². The summed E-state index contributed by atoms with van der Waals surface area (Å²) in [5, 5.41) is 23.3. The van der Waals surface area contributed by atoms with Gasteiger partial charge in [-0.05, 0) is 24.6 Å². The van der Waals surface area contributed by atoms with Gasteiger partial charge in [0, 0.05) is 18.0 Å². The molecule has 0 radical (unpaired) electrons. The predicted molar refractivity (Wildman–Crippen MR) is 74.7 cm³/mol. The Labute approximate surface area is 121 Å². The fourth-order valence-corrected chi connectivity index (χ4v) is 1.65. The zero-order valence-corrected chi connectivity index (χ0v) is 11.7. The average Bonchev–Trinajstić information content (AvgIpc) is 2.39. The molecular formula is C13H17ClN2O4. The van der Waals surface area contributed by atoms with Crippen LogP contribution in [0.3, 0.4) is 0 Å². The standard InChI is InChI=1S/C13H17ClN2O4/c1-8(9-2-4-10(14)5-3-9)16-13(20)15-7-6-11(17)12(18)19/h2-5,8,11,17H,6-7H2,1H3,(H,18,19)(H2,15,16,20)/t8?,11-/m0/s1. The lowest BCUT2D eigenvalue weighted by Crippen LogP contribution is -2.39. The molecule has 4 N–H and O–H groups in total. The maximum absolute atomic E-state index is 11.6. The molecule has 0 aliphatic heterocycles. The van der Waals surface area contributed by atoms with Gasteiger partial charge < -0.3 is 20.8 Å². The van der Waals surface area contributed by atoms with Crippen molar-refractivity contribution >= 4 is 23.6 Å². The van der Waals surface area contributed by atoms with Crippen LogP contribution in [0.5, 0.6) is 0 Å². The molecule has 1 unspecified atom stereocenters. The number of aliphatic hydroxyl groups excluding tert-OH is 1. The SMILES string of the molecule is CC(NC(=O)NCC[C@H](O)C(=O)O)c1ccc(Cl)cc1. The summed E-state index contributed by atoms with van der Waals surface area (Å²) < 4.78 is 0. The highest BCUT2D eigenvalue weighted by atomic mass is 35.5. The maximum atomic E-state index is 11.6. The first-order valence-corrected chi connectivity index (χ1v) is 6.48. The van der Waals surface area contributed by atoms with Crippen molar-refractivity contribution in [2.45, 2.75) is 25.5 Å². The molecular weight excluding hydrogens is 284 g/mol. The van der Waals surface area contributed by atoms with E-state index in [1.54, 1.807) is 12.1 Å². The summed E-state index contributed by atoms with van der Waals surface area (Å²) in [6.45, 7) is 1.89. The van der Waals surface area contributed by atoms with Crippen LogP contribution in [0.1, 0.15) is 24.9 Å². The van der Waals surface area contributed by atoms with Gasteiger partial charge in [0.25, 0.3) is 0 Å². The van der Waals surface area contributed by atoms with Crippen LogP contribution >= 0.6 is 11.6 Å². The van der Waals surface area contributed by atoms with Gasteiger partial charge in [-0.1, -0.05) is 23.7 Å². The van der Waals surface area contributed by atoms with Crippen molar-refractivity contribution in [1.82, 2.24) is 10.6 Å². The highest BCUT2D eigenvalue weighted by Crippen LogP contribution is 2.15. The summed E-state index contributed by atoms with van der Waals surface area (Å²) in [4.78, 5) is 21.9. The summed E-state index contributed by atoms with van der Waals surface area (Å²) in [7, 11) is 0. The number of aliphatic carboxylic acids is 1. The number of carbonyl (C=O) groups is 2. The minimum absolute atomic E-state index is 0.0436. The van der Waals surface area contributed by atoms with E-state index in [1.807, 2.05) is 19.1 Å². The first-order valence-electron chi connectivity index (χ1n) is 6.11. The van der Waals surface area contributed by atoms with Crippen molar-refractivity contribution in [3.63, 3.8) is 0 Å². The van der Waals surface area contributed by atoms with Crippen LogP contribution < -0.4 is 10.6 Å². The lowest BCUT2D eigenvalue weighted by Gasteiger charge is -2.15. The molecule has 0 aromatic heterocycles. The monoisotopic (exact) mass is 300 g/mol. The minimum Gasteiger partial charge on any atom is -0.479 e. The Morgan fingerprint density at radius 1 is 1.30 bits per heavy atom.